The number of nitrogens with zero attached hydrogens (tertiary/aromatic N) is 1. The van der Waals surface area contributed by atoms with E-state index >= 15 is 0 Å². The van der Waals surface area contributed by atoms with E-state index in [1.165, 1.54) is 7.11 Å². The Morgan fingerprint density at radius 2 is 2.18 bits per heavy atom. The Hall–Kier alpha value is -1.81. The van der Waals surface area contributed by atoms with Crippen molar-refractivity contribution < 1.29 is 9.53 Å². The molecule has 0 bridgehead atoms. The third-order valence-electron chi connectivity index (χ3n) is 2.56. The van der Waals surface area contributed by atoms with Gasteiger partial charge in [-0.25, -0.2) is 5.43 Å². The van der Waals surface area contributed by atoms with Crippen LogP contribution in [0.4, 0.5) is 0 Å². The summed E-state index contributed by atoms with van der Waals surface area (Å²) < 4.78 is 4.71. The van der Waals surface area contributed by atoms with Crippen LogP contribution in [0.25, 0.3) is 0 Å². The number of carbonyl (C=O) groups is 1. The van der Waals surface area contributed by atoms with Crippen molar-refractivity contribution in [2.24, 2.45) is 0 Å². The zero-order valence-electron chi connectivity index (χ0n) is 10.2. The molecule has 92 valence electrons. The molecule has 1 atom stereocenters. The molecule has 1 N–H and O–H groups in total. The molecule has 1 aromatic rings. The largest absolute Gasteiger partial charge is 0.469 e. The maximum Gasteiger partial charge on any atom is 0.308 e. The van der Waals surface area contributed by atoms with Gasteiger partial charge in [0.25, 0.3) is 0 Å². The van der Waals surface area contributed by atoms with Gasteiger partial charge in [0, 0.05) is 13.2 Å². The second kappa shape index (κ2) is 6.70. The van der Waals surface area contributed by atoms with E-state index in [1.54, 1.807) is 18.3 Å². The van der Waals surface area contributed by atoms with E-state index in [0.717, 1.165) is 5.56 Å². The van der Waals surface area contributed by atoms with Crippen molar-refractivity contribution in [3.63, 3.8) is 0 Å². The number of benzene rings is 1. The van der Waals surface area contributed by atoms with Crippen molar-refractivity contribution >= 4 is 5.97 Å². The summed E-state index contributed by atoms with van der Waals surface area (Å²) in [5.74, 6) is -0.249. The lowest BCUT2D eigenvalue weighted by Gasteiger charge is -2.29. The zero-order valence-corrected chi connectivity index (χ0v) is 10.2. The van der Waals surface area contributed by atoms with Crippen LogP contribution in [0.1, 0.15) is 18.0 Å². The quantitative estimate of drug-likeness (QED) is 0.602. The Bertz CT molecular complexity index is 365. The molecule has 0 amide bonds. The highest BCUT2D eigenvalue weighted by atomic mass is 16.5. The number of hydrazine groups is 1. The molecule has 0 saturated carbocycles. The summed E-state index contributed by atoms with van der Waals surface area (Å²) in [4.78, 5) is 11.4. The number of ether oxygens (including phenoxy) is 1. The summed E-state index contributed by atoms with van der Waals surface area (Å²) in [5, 5.41) is 1.78. The number of methoxy groups -OCH3 is 1. The van der Waals surface area contributed by atoms with E-state index < -0.39 is 0 Å². The number of esters is 1. The first-order valence-corrected chi connectivity index (χ1v) is 5.43. The third kappa shape index (κ3) is 3.60. The normalized spacial score (nSPS) is 11.6. The molecular formula is C13H18N2O2. The van der Waals surface area contributed by atoms with E-state index in [1.807, 2.05) is 30.3 Å². The van der Waals surface area contributed by atoms with Crippen molar-refractivity contribution in [2.45, 2.75) is 12.5 Å². The second-order valence-corrected chi connectivity index (χ2v) is 3.52. The summed E-state index contributed by atoms with van der Waals surface area (Å²) in [6.45, 7) is 3.72. The topological polar surface area (TPSA) is 41.6 Å². The fourth-order valence-electron chi connectivity index (χ4n) is 1.67. The summed E-state index contributed by atoms with van der Waals surface area (Å²) in [5.41, 5.74) is 4.02. The molecule has 1 rings (SSSR count). The van der Waals surface area contributed by atoms with Gasteiger partial charge in [-0.3, -0.25) is 4.79 Å². The summed E-state index contributed by atoms with van der Waals surface area (Å²) in [6.07, 6.45) is 1.92. The molecule has 0 radical (unpaired) electrons. The van der Waals surface area contributed by atoms with Gasteiger partial charge < -0.3 is 9.75 Å². The molecule has 4 heteroatoms. The summed E-state index contributed by atoms with van der Waals surface area (Å²) in [6, 6.07) is 9.65. The Balaban J connectivity index is 2.93. The lowest BCUT2D eigenvalue weighted by molar-refractivity contribution is -0.142. The molecular weight excluding hydrogens is 216 g/mol. The van der Waals surface area contributed by atoms with Crippen LogP contribution in [0.3, 0.4) is 0 Å². The van der Waals surface area contributed by atoms with E-state index in [2.05, 4.69) is 12.0 Å². The zero-order chi connectivity index (χ0) is 12.7. The lowest BCUT2D eigenvalue weighted by Crippen LogP contribution is -2.35. The Morgan fingerprint density at radius 1 is 1.53 bits per heavy atom. The SMILES string of the molecule is C=CN(NC)C(CC(=O)OC)c1ccccc1. The fourth-order valence-corrected chi connectivity index (χ4v) is 1.67. The third-order valence-corrected chi connectivity index (χ3v) is 2.56. The van der Waals surface area contributed by atoms with Crippen molar-refractivity contribution in [3.8, 4) is 0 Å². The van der Waals surface area contributed by atoms with E-state index in [0.29, 0.717) is 0 Å². The standard InChI is InChI=1S/C13H18N2O2/c1-4-15(14-2)12(10-13(16)17-3)11-8-6-5-7-9-11/h4-9,12,14H,1,10H2,2-3H3. The van der Waals surface area contributed by atoms with Crippen molar-refractivity contribution in [1.29, 1.82) is 0 Å². The van der Waals surface area contributed by atoms with Gasteiger partial charge >= 0.3 is 5.97 Å². The molecule has 0 spiro atoms. The molecule has 0 saturated heterocycles. The molecule has 4 nitrogen and oxygen atoms in total. The predicted molar refractivity (Wildman–Crippen MR) is 66.9 cm³/mol. The minimum absolute atomic E-state index is 0.119. The molecule has 0 aliphatic rings. The molecule has 0 heterocycles. The average Bonchev–Trinajstić information content (AvgIpc) is 2.39. The van der Waals surface area contributed by atoms with Crippen LogP contribution in [0.5, 0.6) is 0 Å². The number of nitrogens with one attached hydrogen (secondary N) is 1. The molecule has 0 aromatic heterocycles. The maximum absolute atomic E-state index is 11.4. The first-order chi connectivity index (χ1) is 8.22. The van der Waals surface area contributed by atoms with Crippen LogP contribution < -0.4 is 5.43 Å². The second-order valence-electron chi connectivity index (χ2n) is 3.52. The molecule has 0 aliphatic heterocycles. The van der Waals surface area contributed by atoms with Crippen LogP contribution in [-0.4, -0.2) is 25.1 Å². The first kappa shape index (κ1) is 13.3. The number of carbonyl (C=O) groups excluding carboxylic acids is 1. The maximum atomic E-state index is 11.4. The summed E-state index contributed by atoms with van der Waals surface area (Å²) in [7, 11) is 3.18. The molecule has 1 aromatic carbocycles. The Morgan fingerprint density at radius 3 is 2.65 bits per heavy atom. The van der Waals surface area contributed by atoms with Gasteiger partial charge in [-0.1, -0.05) is 36.9 Å². The smallest absolute Gasteiger partial charge is 0.308 e. The van der Waals surface area contributed by atoms with Crippen molar-refractivity contribution in [2.75, 3.05) is 14.2 Å². The van der Waals surface area contributed by atoms with Crippen LogP contribution in [0.2, 0.25) is 0 Å². The van der Waals surface area contributed by atoms with Crippen LogP contribution >= 0.6 is 0 Å². The molecule has 0 fully saturated rings. The van der Waals surface area contributed by atoms with Crippen LogP contribution in [-0.2, 0) is 9.53 Å². The van der Waals surface area contributed by atoms with Gasteiger partial charge in [0.05, 0.1) is 19.6 Å². The Kier molecular flexibility index (Phi) is 5.23. The van der Waals surface area contributed by atoms with Gasteiger partial charge in [-0.2, -0.15) is 0 Å². The molecule has 1 unspecified atom stereocenters. The van der Waals surface area contributed by atoms with Gasteiger partial charge in [0.15, 0.2) is 0 Å². The minimum atomic E-state index is -0.249. The van der Waals surface area contributed by atoms with Crippen molar-refractivity contribution in [1.82, 2.24) is 10.4 Å². The highest BCUT2D eigenvalue weighted by Gasteiger charge is 2.20. The lowest BCUT2D eigenvalue weighted by atomic mass is 10.0. The number of hydrogen-bond acceptors (Lipinski definition) is 4. The van der Waals surface area contributed by atoms with Gasteiger partial charge in [0.1, 0.15) is 0 Å². The molecule has 17 heavy (non-hydrogen) atoms. The Labute approximate surface area is 102 Å². The average molecular weight is 234 g/mol. The van der Waals surface area contributed by atoms with Gasteiger partial charge in [-0.05, 0) is 5.56 Å². The monoisotopic (exact) mass is 234 g/mol. The van der Waals surface area contributed by atoms with Crippen LogP contribution in [0.15, 0.2) is 43.1 Å². The first-order valence-electron chi connectivity index (χ1n) is 5.43. The minimum Gasteiger partial charge on any atom is -0.469 e. The highest BCUT2D eigenvalue weighted by Crippen LogP contribution is 2.23. The number of hydrogen-bond donors (Lipinski definition) is 1. The summed E-state index contributed by atoms with van der Waals surface area (Å²) >= 11 is 0. The predicted octanol–water partition coefficient (Wildman–Crippen LogP) is 1.87. The molecule has 0 aliphatic carbocycles. The van der Waals surface area contributed by atoms with Crippen molar-refractivity contribution in [3.05, 3.63) is 48.7 Å². The van der Waals surface area contributed by atoms with E-state index in [9.17, 15) is 4.79 Å². The van der Waals surface area contributed by atoms with Gasteiger partial charge in [0.2, 0.25) is 0 Å². The van der Waals surface area contributed by atoms with E-state index in [-0.39, 0.29) is 18.4 Å². The number of rotatable bonds is 6. The van der Waals surface area contributed by atoms with Gasteiger partial charge in [-0.15, -0.1) is 0 Å². The van der Waals surface area contributed by atoms with E-state index in [4.69, 9.17) is 4.74 Å². The van der Waals surface area contributed by atoms with Crippen LogP contribution in [0, 0.1) is 0 Å². The highest BCUT2D eigenvalue weighted by molar-refractivity contribution is 5.70. The fraction of sp³-hybridized carbons (Fsp3) is 0.308.